The van der Waals surface area contributed by atoms with Gasteiger partial charge in [0.1, 0.15) is 5.15 Å². The van der Waals surface area contributed by atoms with Gasteiger partial charge in [-0.15, -0.1) is 0 Å². The van der Waals surface area contributed by atoms with E-state index < -0.39 is 41.7 Å². The van der Waals surface area contributed by atoms with Crippen LogP contribution in [0, 0.1) is 5.82 Å². The van der Waals surface area contributed by atoms with E-state index in [0.717, 1.165) is 6.07 Å². The minimum absolute atomic E-state index is 0.228. The van der Waals surface area contributed by atoms with E-state index in [9.17, 15) is 18.0 Å². The maximum atomic E-state index is 13.1. The second-order valence-corrected chi connectivity index (χ2v) is 4.75. The molecule has 3 nitrogen and oxygen atoms in total. The Morgan fingerprint density at radius 2 is 2.00 bits per heavy atom. The first-order chi connectivity index (χ1) is 8.28. The maximum Gasteiger partial charge on any atom is 0.254 e. The molecule has 1 aromatic heterocycles. The van der Waals surface area contributed by atoms with Gasteiger partial charge in [-0.1, -0.05) is 23.2 Å². The summed E-state index contributed by atoms with van der Waals surface area (Å²) in [6, 6.07) is 0.186. The largest absolute Gasteiger partial charge is 0.349 e. The van der Waals surface area contributed by atoms with Gasteiger partial charge in [-0.2, -0.15) is 0 Å². The quantitative estimate of drug-likeness (QED) is 0.853. The molecule has 1 aromatic rings. The van der Waals surface area contributed by atoms with Gasteiger partial charge in [-0.05, 0) is 6.07 Å². The van der Waals surface area contributed by atoms with Gasteiger partial charge in [0.05, 0.1) is 5.56 Å². The number of rotatable bonds is 2. The Labute approximate surface area is 110 Å². The molecule has 0 radical (unpaired) electrons. The molecule has 1 fully saturated rings. The highest BCUT2D eigenvalue weighted by molar-refractivity contribution is 6.34. The van der Waals surface area contributed by atoms with Crippen LogP contribution in [0.15, 0.2) is 6.07 Å². The standard InChI is InChI=1S/C10H7Cl2F3N2O/c11-7-5(1-6(13)8(12)17-7)9(18)16-4-2-10(14,15)3-4/h1,4H,2-3H2,(H,16,18). The van der Waals surface area contributed by atoms with Crippen LogP contribution in [0.25, 0.3) is 0 Å². The number of nitrogens with one attached hydrogen (secondary N) is 1. The van der Waals surface area contributed by atoms with Gasteiger partial charge in [0.25, 0.3) is 11.8 Å². The van der Waals surface area contributed by atoms with Crippen LogP contribution in [0.2, 0.25) is 10.3 Å². The van der Waals surface area contributed by atoms with Crippen LogP contribution in [0.5, 0.6) is 0 Å². The SMILES string of the molecule is O=C(NC1CC(F)(F)C1)c1cc(F)c(Cl)nc1Cl. The lowest BCUT2D eigenvalue weighted by molar-refractivity contribution is -0.0901. The summed E-state index contributed by atoms with van der Waals surface area (Å²) in [5, 5.41) is 1.60. The molecule has 1 N–H and O–H groups in total. The monoisotopic (exact) mass is 298 g/mol. The van der Waals surface area contributed by atoms with E-state index >= 15 is 0 Å². The highest BCUT2D eigenvalue weighted by atomic mass is 35.5. The van der Waals surface area contributed by atoms with Gasteiger partial charge in [-0.3, -0.25) is 4.79 Å². The Hall–Kier alpha value is -1.01. The summed E-state index contributed by atoms with van der Waals surface area (Å²) in [7, 11) is 0. The Bertz CT molecular complexity index is 502. The molecule has 1 saturated carbocycles. The van der Waals surface area contributed by atoms with E-state index in [-0.39, 0.29) is 10.7 Å². The van der Waals surface area contributed by atoms with E-state index in [2.05, 4.69) is 10.3 Å². The van der Waals surface area contributed by atoms with E-state index in [1.54, 1.807) is 0 Å². The van der Waals surface area contributed by atoms with Crippen molar-refractivity contribution in [3.63, 3.8) is 0 Å². The lowest BCUT2D eigenvalue weighted by atomic mass is 9.88. The Morgan fingerprint density at radius 3 is 2.56 bits per heavy atom. The number of carbonyl (C=O) groups excluding carboxylic acids is 1. The molecule has 0 unspecified atom stereocenters. The van der Waals surface area contributed by atoms with Crippen molar-refractivity contribution >= 4 is 29.1 Å². The molecule has 1 heterocycles. The third kappa shape index (κ3) is 2.70. The fourth-order valence-corrected chi connectivity index (χ4v) is 2.04. The Kier molecular flexibility index (Phi) is 3.42. The predicted octanol–water partition coefficient (Wildman–Crippen LogP) is 3.06. The van der Waals surface area contributed by atoms with Crippen LogP contribution in [0.3, 0.4) is 0 Å². The highest BCUT2D eigenvalue weighted by Gasteiger charge is 2.46. The molecule has 0 aromatic carbocycles. The van der Waals surface area contributed by atoms with Crippen molar-refractivity contribution in [2.75, 3.05) is 0 Å². The van der Waals surface area contributed by atoms with Crippen molar-refractivity contribution in [1.29, 1.82) is 0 Å². The first-order valence-electron chi connectivity index (χ1n) is 4.99. The lowest BCUT2D eigenvalue weighted by Gasteiger charge is -2.35. The van der Waals surface area contributed by atoms with E-state index in [4.69, 9.17) is 23.2 Å². The van der Waals surface area contributed by atoms with Crippen molar-refractivity contribution < 1.29 is 18.0 Å². The number of halogens is 5. The first-order valence-corrected chi connectivity index (χ1v) is 5.74. The average molecular weight is 299 g/mol. The van der Waals surface area contributed by atoms with E-state index in [1.165, 1.54) is 0 Å². The number of amides is 1. The maximum absolute atomic E-state index is 13.1. The van der Waals surface area contributed by atoms with Crippen LogP contribution < -0.4 is 5.32 Å². The van der Waals surface area contributed by atoms with Crippen LogP contribution in [0.1, 0.15) is 23.2 Å². The van der Waals surface area contributed by atoms with Crippen LogP contribution in [-0.2, 0) is 0 Å². The van der Waals surface area contributed by atoms with Gasteiger partial charge in [0.2, 0.25) is 0 Å². The Morgan fingerprint density at radius 1 is 1.39 bits per heavy atom. The molecule has 0 saturated heterocycles. The number of pyridine rings is 1. The second kappa shape index (κ2) is 4.59. The molecule has 1 aliphatic rings. The predicted molar refractivity (Wildman–Crippen MR) is 59.7 cm³/mol. The van der Waals surface area contributed by atoms with Crippen molar-refractivity contribution in [3.8, 4) is 0 Å². The molecule has 0 spiro atoms. The van der Waals surface area contributed by atoms with Crippen molar-refractivity contribution in [3.05, 3.63) is 27.8 Å². The number of carbonyl (C=O) groups is 1. The zero-order chi connectivity index (χ0) is 13.5. The van der Waals surface area contributed by atoms with Crippen molar-refractivity contribution in [1.82, 2.24) is 10.3 Å². The third-order valence-electron chi connectivity index (χ3n) is 2.56. The van der Waals surface area contributed by atoms with Gasteiger partial charge in [0.15, 0.2) is 11.0 Å². The number of hydrogen-bond acceptors (Lipinski definition) is 2. The van der Waals surface area contributed by atoms with Crippen LogP contribution >= 0.6 is 23.2 Å². The lowest BCUT2D eigenvalue weighted by Crippen LogP contribution is -2.50. The Balaban J connectivity index is 2.08. The van der Waals surface area contributed by atoms with E-state index in [1.807, 2.05) is 0 Å². The normalized spacial score (nSPS) is 18.3. The first kappa shape index (κ1) is 13.4. The molecule has 1 aliphatic carbocycles. The molecule has 1 amide bonds. The summed E-state index contributed by atoms with van der Waals surface area (Å²) in [4.78, 5) is 15.1. The smallest absolute Gasteiger partial charge is 0.254 e. The summed E-state index contributed by atoms with van der Waals surface area (Å²) in [6.45, 7) is 0. The van der Waals surface area contributed by atoms with Crippen LogP contribution in [0.4, 0.5) is 13.2 Å². The molecule has 0 atom stereocenters. The molecule has 8 heteroatoms. The van der Waals surface area contributed by atoms with Gasteiger partial charge in [-0.25, -0.2) is 18.2 Å². The molecule has 98 valence electrons. The molecule has 0 aliphatic heterocycles. The number of aromatic nitrogens is 1. The summed E-state index contributed by atoms with van der Waals surface area (Å²) >= 11 is 11.0. The third-order valence-corrected chi connectivity index (χ3v) is 3.11. The summed E-state index contributed by atoms with van der Waals surface area (Å²) in [5.41, 5.74) is -0.228. The van der Waals surface area contributed by atoms with Gasteiger partial charge >= 0.3 is 0 Å². The second-order valence-electron chi connectivity index (χ2n) is 4.03. The molecular weight excluding hydrogens is 292 g/mol. The fourth-order valence-electron chi connectivity index (χ4n) is 1.63. The number of alkyl halides is 2. The van der Waals surface area contributed by atoms with Crippen molar-refractivity contribution in [2.24, 2.45) is 0 Å². The zero-order valence-corrected chi connectivity index (χ0v) is 10.3. The fraction of sp³-hybridized carbons (Fsp3) is 0.400. The number of nitrogens with zero attached hydrogens (tertiary/aromatic N) is 1. The van der Waals surface area contributed by atoms with Crippen molar-refractivity contribution in [2.45, 2.75) is 24.8 Å². The van der Waals surface area contributed by atoms with Gasteiger partial charge < -0.3 is 5.32 Å². The van der Waals surface area contributed by atoms with Gasteiger partial charge in [0, 0.05) is 18.9 Å². The summed E-state index contributed by atoms with van der Waals surface area (Å²) in [6.07, 6.45) is -0.861. The van der Waals surface area contributed by atoms with Crippen LogP contribution in [-0.4, -0.2) is 22.9 Å². The summed E-state index contributed by atoms with van der Waals surface area (Å²) in [5.74, 6) is -4.39. The minimum Gasteiger partial charge on any atom is -0.349 e. The zero-order valence-electron chi connectivity index (χ0n) is 8.81. The number of hydrogen-bond donors (Lipinski definition) is 1. The average Bonchev–Trinajstić information content (AvgIpc) is 2.20. The minimum atomic E-state index is -2.74. The molecular formula is C10H7Cl2F3N2O. The summed E-state index contributed by atoms with van der Waals surface area (Å²) < 4.78 is 38.3. The topological polar surface area (TPSA) is 42.0 Å². The van der Waals surface area contributed by atoms with E-state index in [0.29, 0.717) is 0 Å². The highest BCUT2D eigenvalue weighted by Crippen LogP contribution is 2.37. The molecule has 2 rings (SSSR count). The molecule has 0 bridgehead atoms. The molecule has 18 heavy (non-hydrogen) atoms.